The fraction of sp³-hybridized carbons (Fsp3) is 0. The number of hydrogen-bond donors (Lipinski definition) is 0. The van der Waals surface area contributed by atoms with Crippen LogP contribution in [0, 0.1) is 0 Å². The predicted molar refractivity (Wildman–Crippen MR) is 221 cm³/mol. The van der Waals surface area contributed by atoms with Gasteiger partial charge < -0.3 is 18.3 Å². The average Bonchev–Trinajstić information content (AvgIpc) is 3.94. The second-order valence-electron chi connectivity index (χ2n) is 13.6. The monoisotopic (exact) mass is 693 g/mol. The highest BCUT2D eigenvalue weighted by atomic mass is 16.4. The van der Waals surface area contributed by atoms with Crippen molar-refractivity contribution in [3.63, 3.8) is 0 Å². The lowest BCUT2D eigenvalue weighted by Crippen LogP contribution is -2.10. The summed E-state index contributed by atoms with van der Waals surface area (Å²) in [7, 11) is 0. The highest BCUT2D eigenvalue weighted by Crippen LogP contribution is 2.46. The van der Waals surface area contributed by atoms with Gasteiger partial charge in [-0.15, -0.1) is 0 Å². The summed E-state index contributed by atoms with van der Waals surface area (Å²) in [5.74, 6) is 0.588. The van der Waals surface area contributed by atoms with E-state index in [1.54, 1.807) is 0 Å². The Hall–Kier alpha value is -7.37. The molecule has 0 fully saturated rings. The summed E-state index contributed by atoms with van der Waals surface area (Å²) < 4.78 is 15.3. The number of para-hydroxylation sites is 2. The van der Waals surface area contributed by atoms with Gasteiger partial charge in [0.05, 0.1) is 22.1 Å². The lowest BCUT2D eigenvalue weighted by Gasteiger charge is -2.27. The molecule has 8 aromatic carbocycles. The minimum atomic E-state index is 0.588. The van der Waals surface area contributed by atoms with Gasteiger partial charge in [-0.25, -0.2) is 4.98 Å². The first-order valence-corrected chi connectivity index (χ1v) is 18.1. The highest BCUT2D eigenvalue weighted by Gasteiger charge is 2.23. The van der Waals surface area contributed by atoms with Crippen molar-refractivity contribution in [2.24, 2.45) is 0 Å². The maximum atomic E-state index is 6.52. The Kier molecular flexibility index (Phi) is 6.79. The molecule has 54 heavy (non-hydrogen) atoms. The molecule has 3 aromatic heterocycles. The first kappa shape index (κ1) is 30.3. The fourth-order valence-corrected chi connectivity index (χ4v) is 7.98. The van der Waals surface area contributed by atoms with Gasteiger partial charge in [-0.2, -0.15) is 0 Å². The van der Waals surface area contributed by atoms with E-state index in [9.17, 15) is 0 Å². The van der Waals surface area contributed by atoms with Crippen molar-refractivity contribution in [3.8, 4) is 28.3 Å². The Morgan fingerprint density at radius 1 is 0.444 bits per heavy atom. The van der Waals surface area contributed by atoms with Crippen LogP contribution in [0.15, 0.2) is 197 Å². The van der Waals surface area contributed by atoms with Crippen molar-refractivity contribution in [2.75, 3.05) is 4.90 Å². The maximum Gasteiger partial charge on any atom is 0.227 e. The summed E-state index contributed by atoms with van der Waals surface area (Å²) in [6, 6.07) is 65.7. The normalized spacial score (nSPS) is 11.7. The van der Waals surface area contributed by atoms with Crippen molar-refractivity contribution in [1.29, 1.82) is 0 Å². The van der Waals surface area contributed by atoms with Crippen LogP contribution >= 0.6 is 0 Å². The molecule has 254 valence electrons. The number of furan rings is 1. The van der Waals surface area contributed by atoms with Crippen LogP contribution in [0.4, 0.5) is 17.1 Å². The zero-order valence-electron chi connectivity index (χ0n) is 29.1. The Morgan fingerprint density at radius 2 is 1.09 bits per heavy atom. The van der Waals surface area contributed by atoms with E-state index in [4.69, 9.17) is 13.8 Å². The SMILES string of the molecule is c1ccc(-c2ccc(N(c3ccc4oc5ccc6nc(-c7ccccc7)oc6c5c4c3)c3cccc4c3c3ccccc3n4-c3ccccc3)cc2)cc1. The highest BCUT2D eigenvalue weighted by molar-refractivity contribution is 6.19. The summed E-state index contributed by atoms with van der Waals surface area (Å²) in [4.78, 5) is 7.24. The van der Waals surface area contributed by atoms with Crippen molar-refractivity contribution >= 4 is 71.9 Å². The van der Waals surface area contributed by atoms with Crippen LogP contribution < -0.4 is 4.90 Å². The van der Waals surface area contributed by atoms with E-state index in [-0.39, 0.29) is 0 Å². The molecular weight excluding hydrogens is 663 g/mol. The van der Waals surface area contributed by atoms with Gasteiger partial charge in [-0.3, -0.25) is 0 Å². The molecule has 0 saturated carbocycles. The summed E-state index contributed by atoms with van der Waals surface area (Å²) in [6.45, 7) is 0. The van der Waals surface area contributed by atoms with Gasteiger partial charge in [-0.1, -0.05) is 103 Å². The van der Waals surface area contributed by atoms with Crippen molar-refractivity contribution < 1.29 is 8.83 Å². The molecule has 11 rings (SSSR count). The number of nitrogens with zero attached hydrogens (tertiary/aromatic N) is 3. The molecular formula is C49H31N3O2. The smallest absolute Gasteiger partial charge is 0.227 e. The Morgan fingerprint density at radius 3 is 1.89 bits per heavy atom. The summed E-state index contributed by atoms with van der Waals surface area (Å²) in [5, 5.41) is 4.24. The maximum absolute atomic E-state index is 6.52. The number of fused-ring (bicyclic) bond motifs is 8. The number of anilines is 3. The fourth-order valence-electron chi connectivity index (χ4n) is 7.98. The molecule has 5 nitrogen and oxygen atoms in total. The second-order valence-corrected chi connectivity index (χ2v) is 13.6. The Bertz CT molecular complexity index is 3140. The second kappa shape index (κ2) is 12.1. The third-order valence-corrected chi connectivity index (χ3v) is 10.4. The molecule has 5 heteroatoms. The average molecular weight is 694 g/mol. The first-order chi connectivity index (χ1) is 26.8. The summed E-state index contributed by atoms with van der Waals surface area (Å²) in [6.07, 6.45) is 0. The van der Waals surface area contributed by atoms with Gasteiger partial charge in [0.1, 0.15) is 16.7 Å². The van der Waals surface area contributed by atoms with E-state index < -0.39 is 0 Å². The third kappa shape index (κ3) is 4.76. The van der Waals surface area contributed by atoms with Crippen LogP contribution in [0.25, 0.3) is 83.1 Å². The summed E-state index contributed by atoms with van der Waals surface area (Å²) in [5.41, 5.74) is 12.9. The Labute approximate surface area is 310 Å². The van der Waals surface area contributed by atoms with Crippen LogP contribution in [0.2, 0.25) is 0 Å². The molecule has 0 bridgehead atoms. The van der Waals surface area contributed by atoms with E-state index >= 15 is 0 Å². The van der Waals surface area contributed by atoms with Gasteiger partial charge in [0.2, 0.25) is 5.89 Å². The first-order valence-electron chi connectivity index (χ1n) is 18.1. The van der Waals surface area contributed by atoms with E-state index in [0.717, 1.165) is 72.4 Å². The number of aromatic nitrogens is 2. The van der Waals surface area contributed by atoms with Crippen molar-refractivity contribution in [3.05, 3.63) is 188 Å². The van der Waals surface area contributed by atoms with Crippen LogP contribution in [-0.2, 0) is 0 Å². The molecule has 0 aliphatic heterocycles. The van der Waals surface area contributed by atoms with E-state index in [0.29, 0.717) is 11.5 Å². The molecule has 0 spiro atoms. The number of rotatable bonds is 6. The van der Waals surface area contributed by atoms with Crippen LogP contribution in [0.3, 0.4) is 0 Å². The van der Waals surface area contributed by atoms with E-state index in [1.807, 2.05) is 42.5 Å². The zero-order valence-corrected chi connectivity index (χ0v) is 29.1. The van der Waals surface area contributed by atoms with Gasteiger partial charge in [0.15, 0.2) is 5.58 Å². The molecule has 0 N–H and O–H groups in total. The number of oxazole rings is 1. The zero-order chi connectivity index (χ0) is 35.6. The lowest BCUT2D eigenvalue weighted by atomic mass is 10.0. The molecule has 0 aliphatic carbocycles. The van der Waals surface area contributed by atoms with Crippen LogP contribution in [-0.4, -0.2) is 9.55 Å². The lowest BCUT2D eigenvalue weighted by molar-refractivity contribution is 0.622. The Balaban J connectivity index is 1.17. The molecule has 3 heterocycles. The van der Waals surface area contributed by atoms with Gasteiger partial charge in [0.25, 0.3) is 0 Å². The molecule has 0 saturated heterocycles. The largest absolute Gasteiger partial charge is 0.456 e. The van der Waals surface area contributed by atoms with Crippen LogP contribution in [0.1, 0.15) is 0 Å². The van der Waals surface area contributed by atoms with Crippen LogP contribution in [0.5, 0.6) is 0 Å². The molecule has 11 aromatic rings. The molecule has 0 atom stereocenters. The number of hydrogen-bond acceptors (Lipinski definition) is 4. The standard InChI is InChI=1S/C49H31N3O2/c1-4-13-32(14-5-1)33-23-25-36(26-24-33)51(42-21-12-22-43-46(42)38-19-10-11-20-41(38)52(43)35-17-8-3-9-18-35)37-27-29-44-39(31-37)47-45(53-44)30-28-40-48(47)54-49(50-40)34-15-6-2-7-16-34/h1-31H. The quantitative estimate of drug-likeness (QED) is 0.174. The van der Waals surface area contributed by atoms with Gasteiger partial charge >= 0.3 is 0 Å². The molecule has 0 aliphatic rings. The topological polar surface area (TPSA) is 47.3 Å². The van der Waals surface area contributed by atoms with E-state index in [1.165, 1.54) is 16.3 Å². The third-order valence-electron chi connectivity index (χ3n) is 10.4. The van der Waals surface area contributed by atoms with Gasteiger partial charge in [0, 0.05) is 38.8 Å². The van der Waals surface area contributed by atoms with E-state index in [2.05, 4.69) is 155 Å². The molecule has 0 unspecified atom stereocenters. The molecule has 0 radical (unpaired) electrons. The van der Waals surface area contributed by atoms with Crippen molar-refractivity contribution in [2.45, 2.75) is 0 Å². The predicted octanol–water partition coefficient (Wildman–Crippen LogP) is 13.6. The molecule has 0 amide bonds. The van der Waals surface area contributed by atoms with Gasteiger partial charge in [-0.05, 0) is 96.1 Å². The number of benzene rings is 8. The summed E-state index contributed by atoms with van der Waals surface area (Å²) >= 11 is 0. The van der Waals surface area contributed by atoms with Crippen molar-refractivity contribution in [1.82, 2.24) is 9.55 Å². The minimum Gasteiger partial charge on any atom is -0.456 e. The minimum absolute atomic E-state index is 0.588.